The predicted molar refractivity (Wildman–Crippen MR) is 66.4 cm³/mol. The topological polar surface area (TPSA) is 72.9 Å². The molecule has 2 fully saturated rings. The fourth-order valence-electron chi connectivity index (χ4n) is 2.59. The van der Waals surface area contributed by atoms with Gasteiger partial charge in [-0.2, -0.15) is 0 Å². The number of nitrogens with zero attached hydrogens (tertiary/aromatic N) is 2. The van der Waals surface area contributed by atoms with Gasteiger partial charge in [-0.15, -0.1) is 0 Å². The highest BCUT2D eigenvalue weighted by Gasteiger charge is 2.30. The van der Waals surface area contributed by atoms with Gasteiger partial charge in [0.2, 0.25) is 0 Å². The zero-order valence-corrected chi connectivity index (χ0v) is 10.6. The monoisotopic (exact) mass is 255 g/mol. The van der Waals surface area contributed by atoms with Crippen molar-refractivity contribution in [2.45, 2.75) is 19.3 Å². The highest BCUT2D eigenvalue weighted by Crippen LogP contribution is 2.18. The van der Waals surface area contributed by atoms with E-state index in [1.807, 2.05) is 4.90 Å². The average Bonchev–Trinajstić information content (AvgIpc) is 2.67. The first-order valence-corrected chi connectivity index (χ1v) is 6.66. The lowest BCUT2D eigenvalue weighted by Gasteiger charge is -2.34. The van der Waals surface area contributed by atoms with Gasteiger partial charge in [-0.25, -0.2) is 4.79 Å². The van der Waals surface area contributed by atoms with Crippen LogP contribution >= 0.6 is 0 Å². The Labute approximate surface area is 107 Å². The minimum Gasteiger partial charge on any atom is -0.481 e. The Balaban J connectivity index is 1.92. The van der Waals surface area contributed by atoms with Crippen LogP contribution in [0.4, 0.5) is 4.79 Å². The fraction of sp³-hybridized carbons (Fsp3) is 0.833. The van der Waals surface area contributed by atoms with Crippen LogP contribution in [-0.2, 0) is 4.79 Å². The zero-order valence-electron chi connectivity index (χ0n) is 10.6. The van der Waals surface area contributed by atoms with Crippen molar-refractivity contribution in [2.75, 3.05) is 39.3 Å². The van der Waals surface area contributed by atoms with Crippen molar-refractivity contribution < 1.29 is 14.7 Å². The lowest BCUT2D eigenvalue weighted by atomic mass is 9.99. The van der Waals surface area contributed by atoms with Crippen LogP contribution in [0.15, 0.2) is 0 Å². The maximum atomic E-state index is 12.3. The molecule has 0 aromatic heterocycles. The van der Waals surface area contributed by atoms with E-state index in [1.165, 1.54) is 0 Å². The number of hydrogen-bond acceptors (Lipinski definition) is 3. The van der Waals surface area contributed by atoms with Gasteiger partial charge in [-0.1, -0.05) is 0 Å². The van der Waals surface area contributed by atoms with Gasteiger partial charge in [0.25, 0.3) is 0 Å². The van der Waals surface area contributed by atoms with Crippen molar-refractivity contribution in [3.8, 4) is 0 Å². The number of carboxylic acids is 1. The third-order valence-electron chi connectivity index (χ3n) is 3.65. The molecule has 0 aromatic rings. The molecule has 2 rings (SSSR count). The number of aliphatic carboxylic acids is 1. The fourth-order valence-corrected chi connectivity index (χ4v) is 2.59. The second-order valence-electron chi connectivity index (χ2n) is 5.00. The van der Waals surface area contributed by atoms with Gasteiger partial charge in [0.1, 0.15) is 0 Å². The van der Waals surface area contributed by atoms with E-state index in [2.05, 4.69) is 5.32 Å². The van der Waals surface area contributed by atoms with E-state index in [4.69, 9.17) is 5.11 Å². The van der Waals surface area contributed by atoms with E-state index in [-0.39, 0.29) is 6.03 Å². The van der Waals surface area contributed by atoms with Crippen molar-refractivity contribution in [1.29, 1.82) is 0 Å². The van der Waals surface area contributed by atoms with Gasteiger partial charge in [-0.05, 0) is 25.8 Å². The van der Waals surface area contributed by atoms with Crippen LogP contribution in [0.1, 0.15) is 19.3 Å². The highest BCUT2D eigenvalue weighted by molar-refractivity contribution is 5.76. The summed E-state index contributed by atoms with van der Waals surface area (Å²) in [6, 6.07) is 0.00431. The molecule has 1 unspecified atom stereocenters. The standard InChI is InChI=1S/C12H21N3O3/c16-11(17)10-3-1-6-15(9-10)12(18)14-7-2-4-13-5-8-14/h10,13H,1-9H2,(H,16,17). The molecule has 102 valence electrons. The smallest absolute Gasteiger partial charge is 0.320 e. The molecule has 0 spiro atoms. The Morgan fingerprint density at radius 1 is 1.06 bits per heavy atom. The van der Waals surface area contributed by atoms with Crippen molar-refractivity contribution in [3.63, 3.8) is 0 Å². The molecule has 2 aliphatic rings. The summed E-state index contributed by atoms with van der Waals surface area (Å²) in [6.07, 6.45) is 2.43. The lowest BCUT2D eigenvalue weighted by Crippen LogP contribution is -2.49. The molecule has 2 aliphatic heterocycles. The lowest BCUT2D eigenvalue weighted by molar-refractivity contribution is -0.143. The Bertz CT molecular complexity index is 314. The third-order valence-corrected chi connectivity index (χ3v) is 3.65. The van der Waals surface area contributed by atoms with E-state index >= 15 is 0 Å². The van der Waals surface area contributed by atoms with Crippen LogP contribution in [0.25, 0.3) is 0 Å². The highest BCUT2D eigenvalue weighted by atomic mass is 16.4. The first-order chi connectivity index (χ1) is 8.68. The first-order valence-electron chi connectivity index (χ1n) is 6.66. The summed E-state index contributed by atoms with van der Waals surface area (Å²) in [5.41, 5.74) is 0. The molecule has 2 saturated heterocycles. The summed E-state index contributed by atoms with van der Waals surface area (Å²) in [4.78, 5) is 26.8. The summed E-state index contributed by atoms with van der Waals surface area (Å²) in [5.74, 6) is -1.18. The number of carbonyl (C=O) groups excluding carboxylic acids is 1. The number of urea groups is 1. The molecule has 0 radical (unpaired) electrons. The minimum atomic E-state index is -0.787. The Kier molecular flexibility index (Phi) is 4.41. The van der Waals surface area contributed by atoms with Gasteiger partial charge >= 0.3 is 12.0 Å². The summed E-state index contributed by atoms with van der Waals surface area (Å²) < 4.78 is 0. The molecule has 1 atom stereocenters. The number of hydrogen-bond donors (Lipinski definition) is 2. The number of carboxylic acid groups (broad SMARTS) is 1. The van der Waals surface area contributed by atoms with Crippen LogP contribution in [0.3, 0.4) is 0 Å². The molecule has 0 aromatic carbocycles. The van der Waals surface area contributed by atoms with Crippen molar-refractivity contribution in [2.24, 2.45) is 5.92 Å². The van der Waals surface area contributed by atoms with Crippen molar-refractivity contribution >= 4 is 12.0 Å². The molecule has 2 amide bonds. The van der Waals surface area contributed by atoms with Gasteiger partial charge in [0.15, 0.2) is 0 Å². The summed E-state index contributed by atoms with van der Waals surface area (Å²) in [7, 11) is 0. The molecular weight excluding hydrogens is 234 g/mol. The third kappa shape index (κ3) is 3.13. The maximum Gasteiger partial charge on any atom is 0.320 e. The summed E-state index contributed by atoms with van der Waals surface area (Å²) in [6.45, 7) is 4.29. The predicted octanol–water partition coefficient (Wildman–Crippen LogP) is 0.198. The number of rotatable bonds is 1. The van der Waals surface area contributed by atoms with Gasteiger partial charge in [0.05, 0.1) is 5.92 Å². The van der Waals surface area contributed by atoms with E-state index in [1.54, 1.807) is 4.90 Å². The van der Waals surface area contributed by atoms with Crippen LogP contribution in [0, 0.1) is 5.92 Å². The van der Waals surface area contributed by atoms with E-state index in [9.17, 15) is 9.59 Å². The molecule has 2 heterocycles. The van der Waals surface area contributed by atoms with Crippen LogP contribution in [0.5, 0.6) is 0 Å². The number of amides is 2. The van der Waals surface area contributed by atoms with E-state index in [0.29, 0.717) is 26.1 Å². The van der Waals surface area contributed by atoms with Gasteiger partial charge in [-0.3, -0.25) is 4.79 Å². The number of piperidine rings is 1. The zero-order chi connectivity index (χ0) is 13.0. The second-order valence-corrected chi connectivity index (χ2v) is 5.00. The Hall–Kier alpha value is -1.30. The Morgan fingerprint density at radius 2 is 1.83 bits per heavy atom. The Morgan fingerprint density at radius 3 is 2.61 bits per heavy atom. The van der Waals surface area contributed by atoms with Crippen molar-refractivity contribution in [1.82, 2.24) is 15.1 Å². The minimum absolute atomic E-state index is 0.00431. The molecule has 6 heteroatoms. The second kappa shape index (κ2) is 6.04. The number of likely N-dealkylation sites (tertiary alicyclic amines) is 1. The van der Waals surface area contributed by atoms with Gasteiger partial charge < -0.3 is 20.2 Å². The van der Waals surface area contributed by atoms with E-state index < -0.39 is 11.9 Å². The quantitative estimate of drug-likeness (QED) is 0.702. The SMILES string of the molecule is O=C(O)C1CCCN(C(=O)N2CCCNCC2)C1. The maximum absolute atomic E-state index is 12.3. The molecule has 0 aliphatic carbocycles. The molecule has 18 heavy (non-hydrogen) atoms. The molecule has 0 saturated carbocycles. The van der Waals surface area contributed by atoms with Crippen LogP contribution in [-0.4, -0.2) is 66.2 Å². The van der Waals surface area contributed by atoms with Gasteiger partial charge in [0, 0.05) is 32.7 Å². The molecule has 6 nitrogen and oxygen atoms in total. The normalized spacial score (nSPS) is 25.7. The van der Waals surface area contributed by atoms with Crippen LogP contribution < -0.4 is 5.32 Å². The largest absolute Gasteiger partial charge is 0.481 e. The van der Waals surface area contributed by atoms with Crippen LogP contribution in [0.2, 0.25) is 0 Å². The molecular formula is C12H21N3O3. The van der Waals surface area contributed by atoms with E-state index in [0.717, 1.165) is 32.5 Å². The average molecular weight is 255 g/mol. The summed E-state index contributed by atoms with van der Waals surface area (Å²) >= 11 is 0. The summed E-state index contributed by atoms with van der Waals surface area (Å²) in [5, 5.41) is 12.3. The molecule has 0 bridgehead atoms. The number of carbonyl (C=O) groups is 2. The first kappa shape index (κ1) is 13.1. The van der Waals surface area contributed by atoms with Crippen molar-refractivity contribution in [3.05, 3.63) is 0 Å². The number of nitrogens with one attached hydrogen (secondary N) is 1. The molecule has 2 N–H and O–H groups in total.